The largest absolute Gasteiger partial charge is 0.313 e. The lowest BCUT2D eigenvalue weighted by atomic mass is 9.97. The van der Waals surface area contributed by atoms with Gasteiger partial charge < -0.3 is 10.2 Å². The van der Waals surface area contributed by atoms with Gasteiger partial charge >= 0.3 is 0 Å². The molecule has 0 unspecified atom stereocenters. The Bertz CT molecular complexity index is 976. The average Bonchev–Trinajstić information content (AvgIpc) is 3.40. The van der Waals surface area contributed by atoms with Gasteiger partial charge in [0.25, 0.3) is 5.91 Å². The summed E-state index contributed by atoms with van der Waals surface area (Å²) in [5, 5.41) is 6.09. The lowest BCUT2D eigenvalue weighted by Gasteiger charge is -2.39. The first-order valence-electron chi connectivity index (χ1n) is 10.4. The molecule has 0 radical (unpaired) electrons. The van der Waals surface area contributed by atoms with Gasteiger partial charge in [0, 0.05) is 42.8 Å². The highest BCUT2D eigenvalue weighted by Crippen LogP contribution is 2.42. The number of piperazine rings is 1. The molecule has 3 aromatic rings. The Kier molecular flexibility index (Phi) is 6.63. The predicted octanol–water partition coefficient (Wildman–Crippen LogP) is 4.80. The Labute approximate surface area is 186 Å². The second kappa shape index (κ2) is 9.39. The summed E-state index contributed by atoms with van der Waals surface area (Å²) in [7, 11) is 0. The van der Waals surface area contributed by atoms with Gasteiger partial charge in [0.2, 0.25) is 0 Å². The first-order chi connectivity index (χ1) is 14.6. The molecule has 30 heavy (non-hydrogen) atoms. The molecule has 1 N–H and O–H groups in total. The second-order valence-electron chi connectivity index (χ2n) is 7.58. The van der Waals surface area contributed by atoms with Crippen LogP contribution in [-0.4, -0.2) is 53.4 Å². The number of rotatable bonds is 6. The number of hydrogen-bond donors (Lipinski definition) is 1. The Morgan fingerprint density at radius 3 is 2.60 bits per heavy atom. The van der Waals surface area contributed by atoms with Crippen molar-refractivity contribution in [1.82, 2.24) is 14.8 Å². The van der Waals surface area contributed by atoms with Crippen LogP contribution in [0.15, 0.2) is 41.9 Å². The third-order valence-electron chi connectivity index (χ3n) is 5.86. The number of hydrogen-bond acceptors (Lipinski definition) is 6. The van der Waals surface area contributed by atoms with Gasteiger partial charge in [0.15, 0.2) is 0 Å². The number of aromatic nitrogens is 1. The molecule has 1 aliphatic heterocycles. The molecule has 4 rings (SSSR count). The summed E-state index contributed by atoms with van der Waals surface area (Å²) in [6, 6.07) is 9.93. The van der Waals surface area contributed by atoms with E-state index in [1.807, 2.05) is 29.8 Å². The van der Waals surface area contributed by atoms with Crippen LogP contribution in [0.1, 0.15) is 44.3 Å². The lowest BCUT2D eigenvalue weighted by Crippen LogP contribution is -2.47. The van der Waals surface area contributed by atoms with Crippen molar-refractivity contribution in [3.63, 3.8) is 0 Å². The van der Waals surface area contributed by atoms with Crippen LogP contribution in [-0.2, 0) is 0 Å². The van der Waals surface area contributed by atoms with Gasteiger partial charge in [-0.3, -0.25) is 14.7 Å². The molecule has 3 aromatic heterocycles. The number of nitrogens with one attached hydrogen (secondary N) is 1. The number of nitrogens with zero attached hydrogens (tertiary/aromatic N) is 3. The van der Waals surface area contributed by atoms with E-state index in [0.29, 0.717) is 0 Å². The fourth-order valence-corrected chi connectivity index (χ4v) is 5.74. The fraction of sp³-hybridized carbons (Fsp3) is 0.391. The van der Waals surface area contributed by atoms with Crippen LogP contribution < -0.4 is 5.32 Å². The van der Waals surface area contributed by atoms with Crippen molar-refractivity contribution in [3.8, 4) is 0 Å². The van der Waals surface area contributed by atoms with Crippen molar-refractivity contribution < 1.29 is 4.79 Å². The van der Waals surface area contributed by atoms with Crippen molar-refractivity contribution in [2.75, 3.05) is 38.0 Å². The highest BCUT2D eigenvalue weighted by atomic mass is 32.1. The molecular weight excluding hydrogens is 412 g/mol. The highest BCUT2D eigenvalue weighted by Gasteiger charge is 2.32. The van der Waals surface area contributed by atoms with E-state index in [-0.39, 0.29) is 11.9 Å². The molecule has 0 saturated carbocycles. The third kappa shape index (κ3) is 4.34. The van der Waals surface area contributed by atoms with Gasteiger partial charge in [-0.05, 0) is 49.5 Å². The number of anilines is 1. The number of pyridine rings is 1. The zero-order chi connectivity index (χ0) is 21.1. The van der Waals surface area contributed by atoms with E-state index in [0.717, 1.165) is 48.3 Å². The summed E-state index contributed by atoms with van der Waals surface area (Å²) in [6.07, 6.45) is 1.86. The minimum atomic E-state index is -0.0388. The Morgan fingerprint density at radius 2 is 1.97 bits per heavy atom. The molecule has 0 aliphatic carbocycles. The average molecular weight is 441 g/mol. The summed E-state index contributed by atoms with van der Waals surface area (Å²) >= 11 is 3.13. The molecule has 0 aromatic carbocycles. The van der Waals surface area contributed by atoms with E-state index >= 15 is 0 Å². The van der Waals surface area contributed by atoms with Gasteiger partial charge in [-0.2, -0.15) is 0 Å². The quantitative estimate of drug-likeness (QED) is 0.598. The van der Waals surface area contributed by atoms with Crippen molar-refractivity contribution in [1.29, 1.82) is 0 Å². The molecular formula is C23H28N4OS2. The molecule has 0 spiro atoms. The normalized spacial score (nSPS) is 16.5. The van der Waals surface area contributed by atoms with Gasteiger partial charge in [-0.1, -0.05) is 19.1 Å². The second-order valence-corrected chi connectivity index (χ2v) is 9.76. The molecule has 4 heterocycles. The number of amides is 1. The van der Waals surface area contributed by atoms with E-state index in [9.17, 15) is 4.79 Å². The topological polar surface area (TPSA) is 48.5 Å². The summed E-state index contributed by atoms with van der Waals surface area (Å²) < 4.78 is 0. The van der Waals surface area contributed by atoms with Crippen LogP contribution in [0.4, 0.5) is 5.00 Å². The predicted molar refractivity (Wildman–Crippen MR) is 126 cm³/mol. The molecule has 7 heteroatoms. The van der Waals surface area contributed by atoms with E-state index in [1.54, 1.807) is 11.3 Å². The minimum absolute atomic E-state index is 0.0359. The van der Waals surface area contributed by atoms with Crippen molar-refractivity contribution in [2.24, 2.45) is 0 Å². The standard InChI is InChI=1S/C23H28N4OS2/c1-4-26-11-13-27(14-12-26)21(18-8-5-6-10-24-18)20-16(2)17(3)30-23(20)25-22(28)19-9-7-15-29-19/h5-10,15,21H,4,11-14H2,1-3H3,(H,25,28)/t21-/m1/s1. The summed E-state index contributed by atoms with van der Waals surface area (Å²) in [5.74, 6) is -0.0388. The van der Waals surface area contributed by atoms with E-state index in [2.05, 4.69) is 48.0 Å². The number of aryl methyl sites for hydroxylation is 1. The molecule has 1 fully saturated rings. The zero-order valence-electron chi connectivity index (χ0n) is 17.7. The number of carbonyl (C=O) groups excluding carboxylic acids is 1. The fourth-order valence-electron chi connectivity index (χ4n) is 4.03. The summed E-state index contributed by atoms with van der Waals surface area (Å²) in [4.78, 5) is 24.5. The molecule has 0 bridgehead atoms. The van der Waals surface area contributed by atoms with Gasteiger partial charge in [0.1, 0.15) is 5.00 Å². The van der Waals surface area contributed by atoms with Gasteiger partial charge in [-0.15, -0.1) is 22.7 Å². The smallest absolute Gasteiger partial charge is 0.266 e. The van der Waals surface area contributed by atoms with E-state index < -0.39 is 0 Å². The van der Waals surface area contributed by atoms with Gasteiger partial charge in [-0.25, -0.2) is 0 Å². The zero-order valence-corrected chi connectivity index (χ0v) is 19.4. The van der Waals surface area contributed by atoms with Crippen LogP contribution in [0.25, 0.3) is 0 Å². The van der Waals surface area contributed by atoms with Crippen LogP contribution in [0.5, 0.6) is 0 Å². The minimum Gasteiger partial charge on any atom is -0.313 e. The molecule has 1 amide bonds. The van der Waals surface area contributed by atoms with Crippen molar-refractivity contribution in [3.05, 3.63) is 68.5 Å². The van der Waals surface area contributed by atoms with Crippen molar-refractivity contribution in [2.45, 2.75) is 26.8 Å². The first-order valence-corrected chi connectivity index (χ1v) is 12.1. The maximum Gasteiger partial charge on any atom is 0.266 e. The molecule has 1 saturated heterocycles. The lowest BCUT2D eigenvalue weighted by molar-refractivity contribution is 0.102. The molecule has 1 atom stereocenters. The van der Waals surface area contributed by atoms with Crippen molar-refractivity contribution >= 4 is 33.6 Å². The maximum atomic E-state index is 12.8. The SMILES string of the molecule is CCN1CCN([C@H](c2ccccn2)c2c(NC(=O)c3cccs3)sc(C)c2C)CC1. The number of thiophene rings is 2. The molecule has 5 nitrogen and oxygen atoms in total. The van der Waals surface area contributed by atoms with Crippen LogP contribution in [0.3, 0.4) is 0 Å². The maximum absolute atomic E-state index is 12.8. The first kappa shape index (κ1) is 21.2. The Hall–Kier alpha value is -2.06. The van der Waals surface area contributed by atoms with Crippen LogP contribution in [0, 0.1) is 13.8 Å². The van der Waals surface area contributed by atoms with Crippen LogP contribution >= 0.6 is 22.7 Å². The highest BCUT2D eigenvalue weighted by molar-refractivity contribution is 7.17. The monoisotopic (exact) mass is 440 g/mol. The van der Waals surface area contributed by atoms with E-state index in [1.165, 1.54) is 27.3 Å². The molecule has 158 valence electrons. The molecule has 1 aliphatic rings. The van der Waals surface area contributed by atoms with E-state index in [4.69, 9.17) is 4.98 Å². The number of carbonyl (C=O) groups is 1. The summed E-state index contributed by atoms with van der Waals surface area (Å²) in [6.45, 7) is 11.7. The number of likely N-dealkylation sites (N-methyl/N-ethyl adjacent to an activating group) is 1. The van der Waals surface area contributed by atoms with Crippen LogP contribution in [0.2, 0.25) is 0 Å². The third-order valence-corrected chi connectivity index (χ3v) is 7.87. The Balaban J connectivity index is 1.72. The summed E-state index contributed by atoms with van der Waals surface area (Å²) in [5.41, 5.74) is 3.47. The van der Waals surface area contributed by atoms with Gasteiger partial charge in [0.05, 0.1) is 16.6 Å². The Morgan fingerprint density at radius 1 is 1.17 bits per heavy atom.